The molecule has 0 spiro atoms. The predicted octanol–water partition coefficient (Wildman–Crippen LogP) is 1.22. The maximum Gasteiger partial charge on any atom is 0.261 e. The molecule has 0 fully saturated rings. The van der Waals surface area contributed by atoms with Gasteiger partial charge in [0.05, 0.1) is 11.8 Å². The van der Waals surface area contributed by atoms with Crippen molar-refractivity contribution in [3.05, 3.63) is 24.4 Å². The maximum atomic E-state index is 5.61. The summed E-state index contributed by atoms with van der Waals surface area (Å²) in [5.74, 6) is 1.09. The van der Waals surface area contributed by atoms with E-state index in [0.717, 1.165) is 5.56 Å². The summed E-state index contributed by atoms with van der Waals surface area (Å²) in [5, 5.41) is 3.80. The fraction of sp³-hybridized carbons (Fsp3) is 0.333. The quantitative estimate of drug-likeness (QED) is 0.792. The van der Waals surface area contributed by atoms with Crippen LogP contribution in [0.3, 0.4) is 0 Å². The van der Waals surface area contributed by atoms with Gasteiger partial charge in [-0.25, -0.2) is 0 Å². The van der Waals surface area contributed by atoms with Crippen molar-refractivity contribution in [1.82, 2.24) is 10.1 Å². The summed E-state index contributed by atoms with van der Waals surface area (Å²) in [6, 6.07) is 1.80. The van der Waals surface area contributed by atoms with Crippen LogP contribution in [-0.4, -0.2) is 16.2 Å². The standard InChI is InChI=1S/C9H11N3O2/c1-6(10)4-8-11-9(14-12-8)7-2-3-13-5-7/h2-3,5-6H,4,10H2,1H3. The second kappa shape index (κ2) is 3.63. The molecule has 0 aromatic carbocycles. The topological polar surface area (TPSA) is 78.1 Å². The highest BCUT2D eigenvalue weighted by atomic mass is 16.5. The Labute approximate surface area is 80.9 Å². The molecular weight excluding hydrogens is 182 g/mol. The Morgan fingerprint density at radius 1 is 1.57 bits per heavy atom. The zero-order valence-corrected chi connectivity index (χ0v) is 7.80. The van der Waals surface area contributed by atoms with Crippen LogP contribution in [0, 0.1) is 0 Å². The summed E-state index contributed by atoms with van der Waals surface area (Å²) >= 11 is 0. The molecule has 0 radical (unpaired) electrons. The normalized spacial score (nSPS) is 13.0. The van der Waals surface area contributed by atoms with Crippen molar-refractivity contribution in [3.8, 4) is 11.5 Å². The minimum absolute atomic E-state index is 0.0322. The van der Waals surface area contributed by atoms with Gasteiger partial charge in [0, 0.05) is 12.5 Å². The highest BCUT2D eigenvalue weighted by molar-refractivity contribution is 5.49. The number of aromatic nitrogens is 2. The molecule has 0 aliphatic rings. The summed E-state index contributed by atoms with van der Waals surface area (Å²) in [6.45, 7) is 1.90. The van der Waals surface area contributed by atoms with Gasteiger partial charge in [-0.1, -0.05) is 5.16 Å². The number of hydrogen-bond acceptors (Lipinski definition) is 5. The van der Waals surface area contributed by atoms with Crippen LogP contribution in [0.25, 0.3) is 11.5 Å². The van der Waals surface area contributed by atoms with E-state index in [9.17, 15) is 0 Å². The van der Waals surface area contributed by atoms with Crippen molar-refractivity contribution in [2.24, 2.45) is 5.73 Å². The van der Waals surface area contributed by atoms with Crippen molar-refractivity contribution >= 4 is 0 Å². The van der Waals surface area contributed by atoms with E-state index < -0.39 is 0 Å². The fourth-order valence-electron chi connectivity index (χ4n) is 1.13. The van der Waals surface area contributed by atoms with Gasteiger partial charge < -0.3 is 14.7 Å². The average molecular weight is 193 g/mol. The van der Waals surface area contributed by atoms with E-state index in [4.69, 9.17) is 14.7 Å². The van der Waals surface area contributed by atoms with E-state index in [1.807, 2.05) is 6.92 Å². The first-order valence-electron chi connectivity index (χ1n) is 4.36. The number of nitrogens with zero attached hydrogens (tertiary/aromatic N) is 2. The van der Waals surface area contributed by atoms with Crippen LogP contribution in [0.4, 0.5) is 0 Å². The number of hydrogen-bond donors (Lipinski definition) is 1. The van der Waals surface area contributed by atoms with E-state index >= 15 is 0 Å². The van der Waals surface area contributed by atoms with Crippen LogP contribution in [-0.2, 0) is 6.42 Å². The lowest BCUT2D eigenvalue weighted by molar-refractivity contribution is 0.420. The first-order chi connectivity index (χ1) is 6.75. The first-order valence-corrected chi connectivity index (χ1v) is 4.36. The largest absolute Gasteiger partial charge is 0.472 e. The molecular formula is C9H11N3O2. The smallest absolute Gasteiger partial charge is 0.261 e. The second-order valence-electron chi connectivity index (χ2n) is 3.21. The molecule has 2 aromatic rings. The third kappa shape index (κ3) is 1.82. The van der Waals surface area contributed by atoms with Gasteiger partial charge >= 0.3 is 0 Å². The predicted molar refractivity (Wildman–Crippen MR) is 49.4 cm³/mol. The van der Waals surface area contributed by atoms with Crippen LogP contribution in [0.15, 0.2) is 27.5 Å². The maximum absolute atomic E-state index is 5.61. The van der Waals surface area contributed by atoms with E-state index in [1.165, 1.54) is 0 Å². The van der Waals surface area contributed by atoms with E-state index in [0.29, 0.717) is 18.1 Å². The highest BCUT2D eigenvalue weighted by Crippen LogP contribution is 2.17. The number of nitrogens with two attached hydrogens (primary N) is 1. The van der Waals surface area contributed by atoms with Gasteiger partial charge in [-0.2, -0.15) is 4.98 Å². The Balaban J connectivity index is 2.18. The molecule has 5 heteroatoms. The highest BCUT2D eigenvalue weighted by Gasteiger charge is 2.10. The molecule has 2 rings (SSSR count). The second-order valence-corrected chi connectivity index (χ2v) is 3.21. The molecule has 0 aliphatic heterocycles. The molecule has 0 bridgehead atoms. The number of rotatable bonds is 3. The number of furan rings is 1. The minimum atomic E-state index is 0.0322. The van der Waals surface area contributed by atoms with Crippen molar-refractivity contribution in [2.75, 3.05) is 0 Å². The van der Waals surface area contributed by atoms with Gasteiger partial charge in [0.2, 0.25) is 0 Å². The zero-order valence-electron chi connectivity index (χ0n) is 7.80. The monoisotopic (exact) mass is 193 g/mol. The molecule has 2 N–H and O–H groups in total. The average Bonchev–Trinajstić information content (AvgIpc) is 2.69. The van der Waals surface area contributed by atoms with Gasteiger partial charge in [-0.15, -0.1) is 0 Å². The summed E-state index contributed by atoms with van der Waals surface area (Å²) in [6.07, 6.45) is 3.73. The Morgan fingerprint density at radius 2 is 2.43 bits per heavy atom. The molecule has 0 saturated carbocycles. The first kappa shape index (κ1) is 8.96. The molecule has 0 saturated heterocycles. The molecule has 14 heavy (non-hydrogen) atoms. The summed E-state index contributed by atoms with van der Waals surface area (Å²) in [4.78, 5) is 4.18. The van der Waals surface area contributed by atoms with Crippen molar-refractivity contribution in [2.45, 2.75) is 19.4 Å². The molecule has 2 aromatic heterocycles. The van der Waals surface area contributed by atoms with Crippen LogP contribution < -0.4 is 5.73 Å². The van der Waals surface area contributed by atoms with Crippen molar-refractivity contribution in [3.63, 3.8) is 0 Å². The van der Waals surface area contributed by atoms with Gasteiger partial charge in [-0.05, 0) is 13.0 Å². The lowest BCUT2D eigenvalue weighted by Gasteiger charge is -1.96. The lowest BCUT2D eigenvalue weighted by atomic mass is 10.2. The van der Waals surface area contributed by atoms with Crippen molar-refractivity contribution < 1.29 is 8.94 Å². The Morgan fingerprint density at radius 3 is 3.07 bits per heavy atom. The molecule has 1 unspecified atom stereocenters. The molecule has 5 nitrogen and oxygen atoms in total. The van der Waals surface area contributed by atoms with Crippen LogP contribution >= 0.6 is 0 Å². The summed E-state index contributed by atoms with van der Waals surface area (Å²) in [7, 11) is 0. The molecule has 74 valence electrons. The van der Waals surface area contributed by atoms with Gasteiger partial charge in [0.1, 0.15) is 6.26 Å². The van der Waals surface area contributed by atoms with E-state index in [-0.39, 0.29) is 6.04 Å². The van der Waals surface area contributed by atoms with Gasteiger partial charge in [0.15, 0.2) is 5.82 Å². The van der Waals surface area contributed by atoms with Gasteiger partial charge in [0.25, 0.3) is 5.89 Å². The van der Waals surface area contributed by atoms with Gasteiger partial charge in [-0.3, -0.25) is 0 Å². The molecule has 2 heterocycles. The van der Waals surface area contributed by atoms with Crippen LogP contribution in [0.5, 0.6) is 0 Å². The van der Waals surface area contributed by atoms with Crippen LogP contribution in [0.2, 0.25) is 0 Å². The molecule has 0 aliphatic carbocycles. The van der Waals surface area contributed by atoms with Crippen LogP contribution in [0.1, 0.15) is 12.7 Å². The third-order valence-corrected chi connectivity index (χ3v) is 1.74. The lowest BCUT2D eigenvalue weighted by Crippen LogP contribution is -2.18. The minimum Gasteiger partial charge on any atom is -0.472 e. The van der Waals surface area contributed by atoms with E-state index in [1.54, 1.807) is 18.6 Å². The Hall–Kier alpha value is -1.62. The Bertz CT molecular complexity index is 392. The molecule has 0 amide bonds. The summed E-state index contributed by atoms with van der Waals surface area (Å²) in [5.41, 5.74) is 6.40. The van der Waals surface area contributed by atoms with Crippen molar-refractivity contribution in [1.29, 1.82) is 0 Å². The van der Waals surface area contributed by atoms with E-state index in [2.05, 4.69) is 10.1 Å². The fourth-order valence-corrected chi connectivity index (χ4v) is 1.13. The zero-order chi connectivity index (χ0) is 9.97. The summed E-state index contributed by atoms with van der Waals surface area (Å²) < 4.78 is 9.94. The Kier molecular flexibility index (Phi) is 2.32. The SMILES string of the molecule is CC(N)Cc1noc(-c2ccoc2)n1. The third-order valence-electron chi connectivity index (χ3n) is 1.74. The molecule has 1 atom stereocenters.